The van der Waals surface area contributed by atoms with E-state index in [1.807, 2.05) is 55.6 Å². The second-order valence-electron chi connectivity index (χ2n) is 6.00. The van der Waals surface area contributed by atoms with Crippen LogP contribution in [0.2, 0.25) is 0 Å². The molecular formula is C20H22N2O2. The molecule has 1 aromatic heterocycles. The van der Waals surface area contributed by atoms with E-state index in [0.29, 0.717) is 12.2 Å². The molecule has 0 aliphatic heterocycles. The van der Waals surface area contributed by atoms with Crippen molar-refractivity contribution in [3.63, 3.8) is 0 Å². The van der Waals surface area contributed by atoms with Crippen LogP contribution >= 0.6 is 0 Å². The number of nitrogens with zero attached hydrogens (tertiary/aromatic N) is 1. The number of carbonyl (C=O) groups excluding carboxylic acids is 1. The molecule has 2 aromatic carbocycles. The van der Waals surface area contributed by atoms with Crippen molar-refractivity contribution in [2.24, 2.45) is 0 Å². The number of ether oxygens (including phenoxy) is 1. The van der Waals surface area contributed by atoms with Crippen molar-refractivity contribution in [3.05, 3.63) is 71.9 Å². The van der Waals surface area contributed by atoms with Crippen molar-refractivity contribution in [1.29, 1.82) is 0 Å². The Bertz CT molecular complexity index is 824. The number of rotatable bonds is 6. The quantitative estimate of drug-likeness (QED) is 0.755. The van der Waals surface area contributed by atoms with Crippen molar-refractivity contribution in [3.8, 4) is 0 Å². The Morgan fingerprint density at radius 2 is 1.83 bits per heavy atom. The van der Waals surface area contributed by atoms with Gasteiger partial charge in [-0.15, -0.1) is 0 Å². The molecule has 0 saturated heterocycles. The smallest absolute Gasteiger partial charge is 0.253 e. The number of para-hydroxylation sites is 1. The molecule has 1 N–H and O–H groups in total. The Hall–Kier alpha value is -2.59. The molecular weight excluding hydrogens is 300 g/mol. The average Bonchev–Trinajstić information content (AvgIpc) is 2.95. The van der Waals surface area contributed by atoms with E-state index in [4.69, 9.17) is 4.74 Å². The number of hydrogen-bond acceptors (Lipinski definition) is 2. The molecule has 1 heterocycles. The summed E-state index contributed by atoms with van der Waals surface area (Å²) < 4.78 is 7.22. The maximum atomic E-state index is 12.6. The topological polar surface area (TPSA) is 43.3 Å². The molecule has 1 amide bonds. The molecule has 0 fully saturated rings. The Morgan fingerprint density at radius 1 is 1.12 bits per heavy atom. The summed E-state index contributed by atoms with van der Waals surface area (Å²) in [5, 5.41) is 3.96. The monoisotopic (exact) mass is 322 g/mol. The van der Waals surface area contributed by atoms with Gasteiger partial charge in [-0.2, -0.15) is 0 Å². The Kier molecular flexibility index (Phi) is 4.96. The fraction of sp³-hybridized carbons (Fsp3) is 0.250. The third kappa shape index (κ3) is 3.49. The van der Waals surface area contributed by atoms with Crippen molar-refractivity contribution >= 4 is 16.8 Å². The summed E-state index contributed by atoms with van der Waals surface area (Å²) >= 11 is 0. The highest BCUT2D eigenvalue weighted by molar-refractivity contribution is 6.07. The number of carbonyl (C=O) groups is 1. The molecule has 0 aliphatic carbocycles. The lowest BCUT2D eigenvalue weighted by Crippen LogP contribution is -2.35. The van der Waals surface area contributed by atoms with Crippen LogP contribution in [0.1, 0.15) is 22.8 Å². The molecule has 4 nitrogen and oxygen atoms in total. The second-order valence-corrected chi connectivity index (χ2v) is 6.00. The van der Waals surface area contributed by atoms with Crippen molar-refractivity contribution in [2.75, 3.05) is 13.7 Å². The zero-order valence-electron chi connectivity index (χ0n) is 14.0. The minimum absolute atomic E-state index is 0.0289. The van der Waals surface area contributed by atoms with Gasteiger partial charge >= 0.3 is 0 Å². The first kappa shape index (κ1) is 16.3. The highest BCUT2D eigenvalue weighted by Crippen LogP contribution is 2.22. The number of amides is 1. The van der Waals surface area contributed by atoms with E-state index in [1.54, 1.807) is 7.11 Å². The van der Waals surface area contributed by atoms with Gasteiger partial charge in [0.2, 0.25) is 0 Å². The van der Waals surface area contributed by atoms with Crippen LogP contribution in [-0.2, 0) is 11.3 Å². The lowest BCUT2D eigenvalue weighted by molar-refractivity contribution is 0.0907. The van der Waals surface area contributed by atoms with Crippen molar-refractivity contribution in [2.45, 2.75) is 19.5 Å². The zero-order valence-corrected chi connectivity index (χ0v) is 14.0. The predicted octanol–water partition coefficient (Wildman–Crippen LogP) is 3.45. The van der Waals surface area contributed by atoms with E-state index in [-0.39, 0.29) is 11.9 Å². The predicted molar refractivity (Wildman–Crippen MR) is 96.3 cm³/mol. The van der Waals surface area contributed by atoms with Crippen LogP contribution in [0.4, 0.5) is 0 Å². The summed E-state index contributed by atoms with van der Waals surface area (Å²) in [4.78, 5) is 12.6. The highest BCUT2D eigenvalue weighted by Gasteiger charge is 2.16. The lowest BCUT2D eigenvalue weighted by atomic mass is 10.1. The number of nitrogens with one attached hydrogen (secondary N) is 1. The molecule has 3 aromatic rings. The number of aromatic nitrogens is 1. The van der Waals surface area contributed by atoms with Crippen molar-refractivity contribution < 1.29 is 9.53 Å². The molecule has 0 spiro atoms. The van der Waals surface area contributed by atoms with Gasteiger partial charge in [-0.25, -0.2) is 0 Å². The van der Waals surface area contributed by atoms with Crippen LogP contribution in [-0.4, -0.2) is 30.2 Å². The van der Waals surface area contributed by atoms with Gasteiger partial charge in [0.1, 0.15) is 0 Å². The molecule has 1 atom stereocenters. The maximum Gasteiger partial charge on any atom is 0.253 e. The van der Waals surface area contributed by atoms with Gasteiger partial charge in [0.05, 0.1) is 12.2 Å². The summed E-state index contributed by atoms with van der Waals surface area (Å²) in [7, 11) is 1.63. The largest absolute Gasteiger partial charge is 0.383 e. The molecule has 0 aliphatic rings. The molecule has 0 unspecified atom stereocenters. The van der Waals surface area contributed by atoms with Crippen LogP contribution in [0.15, 0.2) is 60.8 Å². The summed E-state index contributed by atoms with van der Waals surface area (Å²) in [6.07, 6.45) is 1.94. The second kappa shape index (κ2) is 7.32. The first-order valence-corrected chi connectivity index (χ1v) is 8.10. The van der Waals surface area contributed by atoms with E-state index < -0.39 is 0 Å². The normalized spacial score (nSPS) is 12.2. The fourth-order valence-corrected chi connectivity index (χ4v) is 2.93. The Labute approximate surface area is 142 Å². The van der Waals surface area contributed by atoms with Gasteiger partial charge in [0, 0.05) is 36.8 Å². The molecule has 0 bridgehead atoms. The van der Waals surface area contributed by atoms with Crippen LogP contribution in [0.25, 0.3) is 10.9 Å². The number of hydrogen-bond donors (Lipinski definition) is 1. The molecule has 124 valence electrons. The molecule has 0 radical (unpaired) electrons. The van der Waals surface area contributed by atoms with Gasteiger partial charge in [0.15, 0.2) is 0 Å². The number of benzene rings is 2. The summed E-state index contributed by atoms with van der Waals surface area (Å²) in [5.41, 5.74) is 2.97. The van der Waals surface area contributed by atoms with Gasteiger partial charge in [-0.1, -0.05) is 48.5 Å². The maximum absolute atomic E-state index is 12.6. The lowest BCUT2D eigenvalue weighted by Gasteiger charge is -2.12. The van der Waals surface area contributed by atoms with Crippen LogP contribution in [0.5, 0.6) is 0 Å². The van der Waals surface area contributed by atoms with Crippen LogP contribution < -0.4 is 5.32 Å². The average molecular weight is 322 g/mol. The fourth-order valence-electron chi connectivity index (χ4n) is 2.93. The zero-order chi connectivity index (χ0) is 16.9. The SMILES string of the molecule is COC[C@H](C)NC(=O)c1cn(Cc2ccccc2)c2ccccc12. The van der Waals surface area contributed by atoms with Crippen LogP contribution in [0, 0.1) is 0 Å². The minimum atomic E-state index is -0.0671. The first-order valence-electron chi connectivity index (χ1n) is 8.10. The third-order valence-corrected chi connectivity index (χ3v) is 4.02. The Morgan fingerprint density at radius 3 is 2.58 bits per heavy atom. The number of methoxy groups -OCH3 is 1. The summed E-state index contributed by atoms with van der Waals surface area (Å²) in [6.45, 7) is 3.17. The molecule has 4 heteroatoms. The van der Waals surface area contributed by atoms with Gasteiger partial charge in [-0.3, -0.25) is 4.79 Å². The van der Waals surface area contributed by atoms with E-state index in [0.717, 1.165) is 17.4 Å². The van der Waals surface area contributed by atoms with Gasteiger partial charge < -0.3 is 14.6 Å². The summed E-state index contributed by atoms with van der Waals surface area (Å²) in [5.74, 6) is -0.0671. The third-order valence-electron chi connectivity index (χ3n) is 4.02. The summed E-state index contributed by atoms with van der Waals surface area (Å²) in [6, 6.07) is 18.2. The molecule has 0 saturated carbocycles. The standard InChI is InChI=1S/C20H22N2O2/c1-15(14-24-2)21-20(23)18-13-22(12-16-8-4-3-5-9-16)19-11-7-6-10-17(18)19/h3-11,13,15H,12,14H2,1-2H3,(H,21,23)/t15-/m0/s1. The highest BCUT2D eigenvalue weighted by atomic mass is 16.5. The van der Waals surface area contributed by atoms with E-state index in [2.05, 4.69) is 22.0 Å². The molecule has 3 rings (SSSR count). The van der Waals surface area contributed by atoms with E-state index >= 15 is 0 Å². The van der Waals surface area contributed by atoms with Gasteiger partial charge in [0.25, 0.3) is 5.91 Å². The Balaban J connectivity index is 1.93. The molecule has 24 heavy (non-hydrogen) atoms. The van der Waals surface area contributed by atoms with Crippen LogP contribution in [0.3, 0.4) is 0 Å². The van der Waals surface area contributed by atoms with E-state index in [1.165, 1.54) is 5.56 Å². The van der Waals surface area contributed by atoms with E-state index in [9.17, 15) is 4.79 Å². The number of fused-ring (bicyclic) bond motifs is 1. The van der Waals surface area contributed by atoms with Crippen molar-refractivity contribution in [1.82, 2.24) is 9.88 Å². The first-order chi connectivity index (χ1) is 11.7. The van der Waals surface area contributed by atoms with Gasteiger partial charge in [-0.05, 0) is 18.6 Å². The minimum Gasteiger partial charge on any atom is -0.383 e.